The number of piperidine rings is 1. The zero-order valence-corrected chi connectivity index (χ0v) is 13.8. The maximum atomic E-state index is 12.9. The molecule has 1 fully saturated rings. The van der Waals surface area contributed by atoms with Gasteiger partial charge in [-0.1, -0.05) is 11.6 Å². The van der Waals surface area contributed by atoms with Gasteiger partial charge < -0.3 is 10.5 Å². The third kappa shape index (κ3) is 3.40. The summed E-state index contributed by atoms with van der Waals surface area (Å²) < 4.78 is 32.6. The Balaban J connectivity index is 2.34. The van der Waals surface area contributed by atoms with E-state index in [2.05, 4.69) is 0 Å². The van der Waals surface area contributed by atoms with Crippen LogP contribution in [0.2, 0.25) is 5.02 Å². The van der Waals surface area contributed by atoms with Crippen molar-refractivity contribution in [2.75, 3.05) is 20.2 Å². The first kappa shape index (κ1) is 16.7. The summed E-state index contributed by atoms with van der Waals surface area (Å²) in [6.07, 6.45) is 1.37. The van der Waals surface area contributed by atoms with Crippen LogP contribution in [0, 0.1) is 6.92 Å². The van der Waals surface area contributed by atoms with Gasteiger partial charge in [0.2, 0.25) is 10.0 Å². The molecule has 5 nitrogen and oxygen atoms in total. The lowest BCUT2D eigenvalue weighted by molar-refractivity contribution is 0.0401. The number of rotatable bonds is 4. The predicted molar refractivity (Wildman–Crippen MR) is 83.0 cm³/mol. The molecule has 0 amide bonds. The average Bonchev–Trinajstić information content (AvgIpc) is 2.46. The van der Waals surface area contributed by atoms with E-state index in [0.29, 0.717) is 34.9 Å². The fraction of sp³-hybridized carbons (Fsp3) is 0.571. The van der Waals surface area contributed by atoms with E-state index in [1.165, 1.54) is 4.31 Å². The summed E-state index contributed by atoms with van der Waals surface area (Å²) in [4.78, 5) is 0.293. The molecule has 2 rings (SSSR count). The molecule has 2 atom stereocenters. The van der Waals surface area contributed by atoms with E-state index in [1.807, 2.05) is 0 Å². The van der Waals surface area contributed by atoms with E-state index in [9.17, 15) is 8.42 Å². The highest BCUT2D eigenvalue weighted by atomic mass is 35.5. The maximum absolute atomic E-state index is 12.9. The summed E-state index contributed by atoms with van der Waals surface area (Å²) >= 11 is 5.90. The number of benzene rings is 1. The summed E-state index contributed by atoms with van der Waals surface area (Å²) in [7, 11) is -1.92. The van der Waals surface area contributed by atoms with E-state index in [0.717, 1.165) is 0 Å². The number of aryl methyl sites for hydroxylation is 1. The molecule has 2 unspecified atom stereocenters. The SMILES string of the molecule is COC1CCN(S(=O)(=O)c2ccc(Cl)cc2C)C(CN)C1. The van der Waals surface area contributed by atoms with Crippen molar-refractivity contribution in [2.24, 2.45) is 5.73 Å². The van der Waals surface area contributed by atoms with Gasteiger partial charge in [0, 0.05) is 31.3 Å². The van der Waals surface area contributed by atoms with Crippen LogP contribution >= 0.6 is 11.6 Å². The Hall–Kier alpha value is -0.660. The molecule has 0 saturated carbocycles. The molecule has 1 aromatic rings. The van der Waals surface area contributed by atoms with Gasteiger partial charge in [-0.3, -0.25) is 0 Å². The second-order valence-electron chi connectivity index (χ2n) is 5.30. The van der Waals surface area contributed by atoms with Gasteiger partial charge in [0.05, 0.1) is 11.0 Å². The number of methoxy groups -OCH3 is 1. The van der Waals surface area contributed by atoms with Crippen molar-refractivity contribution in [3.63, 3.8) is 0 Å². The van der Waals surface area contributed by atoms with Crippen molar-refractivity contribution in [1.29, 1.82) is 0 Å². The van der Waals surface area contributed by atoms with Gasteiger partial charge in [0.15, 0.2) is 0 Å². The third-order valence-electron chi connectivity index (χ3n) is 3.94. The molecule has 1 saturated heterocycles. The minimum absolute atomic E-state index is 0.0660. The molecule has 0 bridgehead atoms. The summed E-state index contributed by atoms with van der Waals surface area (Å²) in [5.41, 5.74) is 6.41. The van der Waals surface area contributed by atoms with Crippen molar-refractivity contribution < 1.29 is 13.2 Å². The normalized spacial score (nSPS) is 24.2. The van der Waals surface area contributed by atoms with E-state index in [4.69, 9.17) is 22.1 Å². The summed E-state index contributed by atoms with van der Waals surface area (Å²) in [6, 6.07) is 4.58. The molecule has 118 valence electrons. The van der Waals surface area contributed by atoms with E-state index >= 15 is 0 Å². The van der Waals surface area contributed by atoms with Crippen LogP contribution in [0.3, 0.4) is 0 Å². The zero-order valence-electron chi connectivity index (χ0n) is 12.3. The maximum Gasteiger partial charge on any atom is 0.243 e. The highest BCUT2D eigenvalue weighted by Crippen LogP contribution is 2.29. The first-order valence-electron chi connectivity index (χ1n) is 6.91. The largest absolute Gasteiger partial charge is 0.381 e. The third-order valence-corrected chi connectivity index (χ3v) is 6.29. The molecule has 21 heavy (non-hydrogen) atoms. The lowest BCUT2D eigenvalue weighted by atomic mass is 10.0. The Kier molecular flexibility index (Phi) is 5.27. The van der Waals surface area contributed by atoms with Crippen molar-refractivity contribution in [3.05, 3.63) is 28.8 Å². The highest BCUT2D eigenvalue weighted by molar-refractivity contribution is 7.89. The molecule has 1 aromatic carbocycles. The molecule has 0 radical (unpaired) electrons. The van der Waals surface area contributed by atoms with Crippen molar-refractivity contribution in [3.8, 4) is 0 Å². The standard InChI is InChI=1S/C14H21ClN2O3S/c1-10-7-11(15)3-4-14(10)21(18,19)17-6-5-13(20-2)8-12(17)9-16/h3-4,7,12-13H,5-6,8-9,16H2,1-2H3. The van der Waals surface area contributed by atoms with E-state index < -0.39 is 10.0 Å². The molecular weight excluding hydrogens is 312 g/mol. The quantitative estimate of drug-likeness (QED) is 0.912. The molecule has 0 spiro atoms. The number of halogens is 1. The Morgan fingerprint density at radius 1 is 1.48 bits per heavy atom. The first-order valence-corrected chi connectivity index (χ1v) is 8.72. The summed E-state index contributed by atoms with van der Waals surface area (Å²) in [5, 5.41) is 0.528. The highest BCUT2D eigenvalue weighted by Gasteiger charge is 2.36. The van der Waals surface area contributed by atoms with Crippen LogP contribution in [0.4, 0.5) is 0 Å². The van der Waals surface area contributed by atoms with Gasteiger partial charge >= 0.3 is 0 Å². The first-order chi connectivity index (χ1) is 9.90. The van der Waals surface area contributed by atoms with Gasteiger partial charge in [-0.05, 0) is 43.5 Å². The Labute approximate surface area is 131 Å². The van der Waals surface area contributed by atoms with Crippen LogP contribution in [-0.2, 0) is 14.8 Å². The Bertz CT molecular complexity index is 606. The predicted octanol–water partition coefficient (Wildman–Crippen LogP) is 1.78. The second kappa shape index (κ2) is 6.62. The minimum atomic E-state index is -3.56. The van der Waals surface area contributed by atoms with Gasteiger partial charge in [0.25, 0.3) is 0 Å². The Morgan fingerprint density at radius 3 is 2.76 bits per heavy atom. The van der Waals surface area contributed by atoms with E-state index in [1.54, 1.807) is 32.2 Å². The van der Waals surface area contributed by atoms with Crippen LogP contribution in [0.5, 0.6) is 0 Å². The van der Waals surface area contributed by atoms with Crippen LogP contribution < -0.4 is 5.73 Å². The van der Waals surface area contributed by atoms with Crippen LogP contribution in [-0.4, -0.2) is 45.1 Å². The number of nitrogens with two attached hydrogens (primary N) is 1. The number of ether oxygens (including phenoxy) is 1. The fourth-order valence-corrected chi connectivity index (χ4v) is 4.86. The van der Waals surface area contributed by atoms with Crippen LogP contribution in [0.25, 0.3) is 0 Å². The molecule has 2 N–H and O–H groups in total. The topological polar surface area (TPSA) is 72.6 Å². The number of nitrogens with zero attached hydrogens (tertiary/aromatic N) is 1. The van der Waals surface area contributed by atoms with E-state index in [-0.39, 0.29) is 18.7 Å². The van der Waals surface area contributed by atoms with Crippen LogP contribution in [0.1, 0.15) is 18.4 Å². The zero-order chi connectivity index (χ0) is 15.6. The minimum Gasteiger partial charge on any atom is -0.381 e. The molecule has 7 heteroatoms. The molecule has 1 aliphatic rings. The number of hydrogen-bond acceptors (Lipinski definition) is 4. The fourth-order valence-electron chi connectivity index (χ4n) is 2.77. The molecular formula is C14H21ClN2O3S. The van der Waals surface area contributed by atoms with Crippen molar-refractivity contribution in [1.82, 2.24) is 4.31 Å². The summed E-state index contributed by atoms with van der Waals surface area (Å²) in [5.74, 6) is 0. The Morgan fingerprint density at radius 2 is 2.19 bits per heavy atom. The van der Waals surface area contributed by atoms with Gasteiger partial charge in [-0.2, -0.15) is 4.31 Å². The molecule has 0 aliphatic carbocycles. The second-order valence-corrected chi connectivity index (χ2v) is 7.59. The summed E-state index contributed by atoms with van der Waals surface area (Å²) in [6.45, 7) is 2.45. The lowest BCUT2D eigenvalue weighted by Gasteiger charge is -2.37. The lowest BCUT2D eigenvalue weighted by Crippen LogP contribution is -2.51. The monoisotopic (exact) mass is 332 g/mol. The van der Waals surface area contributed by atoms with Crippen molar-refractivity contribution >= 4 is 21.6 Å². The van der Waals surface area contributed by atoms with Gasteiger partial charge in [0.1, 0.15) is 0 Å². The average molecular weight is 333 g/mol. The molecule has 0 aromatic heterocycles. The van der Waals surface area contributed by atoms with Gasteiger partial charge in [-0.15, -0.1) is 0 Å². The van der Waals surface area contributed by atoms with Gasteiger partial charge in [-0.25, -0.2) is 8.42 Å². The van der Waals surface area contributed by atoms with Crippen LogP contribution in [0.15, 0.2) is 23.1 Å². The molecule has 1 heterocycles. The molecule has 1 aliphatic heterocycles. The number of hydrogen-bond donors (Lipinski definition) is 1. The smallest absolute Gasteiger partial charge is 0.243 e. The van der Waals surface area contributed by atoms with Crippen molar-refractivity contribution in [2.45, 2.75) is 36.8 Å². The number of sulfonamides is 1.